The van der Waals surface area contributed by atoms with Gasteiger partial charge in [-0.15, -0.1) is 0 Å². The van der Waals surface area contributed by atoms with E-state index in [0.717, 1.165) is 16.2 Å². The van der Waals surface area contributed by atoms with E-state index in [2.05, 4.69) is 26.2 Å². The Balaban J connectivity index is 2.28. The number of aromatic nitrogens is 1. The van der Waals surface area contributed by atoms with Crippen molar-refractivity contribution >= 4 is 27.5 Å². The summed E-state index contributed by atoms with van der Waals surface area (Å²) in [5, 5.41) is 2.52. The van der Waals surface area contributed by atoms with Crippen LogP contribution in [0, 0.1) is 12.7 Å². The molecular weight excluding hydrogens is 299 g/mol. The SMILES string of the molecule is Cc1ccc(Br)cc1C(=O)Nc1ccncc1F. The molecule has 1 amide bonds. The molecule has 18 heavy (non-hydrogen) atoms. The van der Waals surface area contributed by atoms with Crippen molar-refractivity contribution in [1.82, 2.24) is 4.98 Å². The lowest BCUT2D eigenvalue weighted by Crippen LogP contribution is -2.14. The fourth-order valence-corrected chi connectivity index (χ4v) is 1.87. The van der Waals surface area contributed by atoms with Crippen LogP contribution in [0.4, 0.5) is 10.1 Å². The third kappa shape index (κ3) is 2.73. The summed E-state index contributed by atoms with van der Waals surface area (Å²) in [6, 6.07) is 6.78. The molecule has 0 aliphatic heterocycles. The second-order valence-electron chi connectivity index (χ2n) is 3.77. The van der Waals surface area contributed by atoms with E-state index in [4.69, 9.17) is 0 Å². The van der Waals surface area contributed by atoms with Gasteiger partial charge in [-0.25, -0.2) is 4.39 Å². The number of carbonyl (C=O) groups is 1. The van der Waals surface area contributed by atoms with Crippen LogP contribution in [0.5, 0.6) is 0 Å². The molecule has 1 aromatic heterocycles. The molecule has 0 saturated carbocycles. The number of halogens is 2. The average molecular weight is 309 g/mol. The molecule has 1 heterocycles. The van der Waals surface area contributed by atoms with Gasteiger partial charge in [-0.1, -0.05) is 22.0 Å². The molecule has 0 unspecified atom stereocenters. The summed E-state index contributed by atoms with van der Waals surface area (Å²) >= 11 is 3.30. The van der Waals surface area contributed by atoms with Crippen molar-refractivity contribution in [2.24, 2.45) is 0 Å². The number of hydrogen-bond acceptors (Lipinski definition) is 2. The maximum Gasteiger partial charge on any atom is 0.256 e. The molecule has 0 saturated heterocycles. The lowest BCUT2D eigenvalue weighted by atomic mass is 10.1. The lowest BCUT2D eigenvalue weighted by molar-refractivity contribution is 0.102. The highest BCUT2D eigenvalue weighted by atomic mass is 79.9. The normalized spacial score (nSPS) is 10.2. The number of nitrogens with one attached hydrogen (secondary N) is 1. The van der Waals surface area contributed by atoms with Crippen LogP contribution in [0.2, 0.25) is 0 Å². The van der Waals surface area contributed by atoms with Crippen molar-refractivity contribution < 1.29 is 9.18 Å². The van der Waals surface area contributed by atoms with Gasteiger partial charge >= 0.3 is 0 Å². The fraction of sp³-hybridized carbons (Fsp3) is 0.0769. The van der Waals surface area contributed by atoms with Crippen LogP contribution >= 0.6 is 15.9 Å². The molecule has 3 nitrogen and oxygen atoms in total. The van der Waals surface area contributed by atoms with Gasteiger partial charge in [0.15, 0.2) is 5.82 Å². The first-order valence-corrected chi connectivity index (χ1v) is 6.04. The molecule has 0 atom stereocenters. The van der Waals surface area contributed by atoms with E-state index in [1.165, 1.54) is 12.3 Å². The highest BCUT2D eigenvalue weighted by Crippen LogP contribution is 2.18. The highest BCUT2D eigenvalue weighted by molar-refractivity contribution is 9.10. The summed E-state index contributed by atoms with van der Waals surface area (Å²) in [7, 11) is 0. The van der Waals surface area contributed by atoms with Crippen molar-refractivity contribution in [3.63, 3.8) is 0 Å². The molecule has 2 rings (SSSR count). The van der Waals surface area contributed by atoms with E-state index in [1.54, 1.807) is 6.07 Å². The molecular formula is C13H10BrFN2O. The molecule has 92 valence electrons. The molecule has 5 heteroatoms. The minimum absolute atomic E-state index is 0.120. The van der Waals surface area contributed by atoms with Gasteiger partial charge < -0.3 is 5.32 Å². The summed E-state index contributed by atoms with van der Waals surface area (Å²) < 4.78 is 14.2. The maximum absolute atomic E-state index is 13.4. The average Bonchev–Trinajstić information content (AvgIpc) is 2.35. The molecule has 0 aliphatic rings. The predicted octanol–water partition coefficient (Wildman–Crippen LogP) is 3.54. The van der Waals surface area contributed by atoms with Gasteiger partial charge in [0.05, 0.1) is 11.9 Å². The summed E-state index contributed by atoms with van der Waals surface area (Å²) in [6.07, 6.45) is 2.48. The van der Waals surface area contributed by atoms with E-state index < -0.39 is 5.82 Å². The first-order chi connectivity index (χ1) is 8.58. The molecule has 0 spiro atoms. The van der Waals surface area contributed by atoms with Crippen molar-refractivity contribution in [2.75, 3.05) is 5.32 Å². The minimum Gasteiger partial charge on any atom is -0.319 e. The first-order valence-electron chi connectivity index (χ1n) is 5.25. The fourth-order valence-electron chi connectivity index (χ4n) is 1.51. The smallest absolute Gasteiger partial charge is 0.256 e. The monoisotopic (exact) mass is 308 g/mol. The molecule has 1 N–H and O–H groups in total. The van der Waals surface area contributed by atoms with Crippen LogP contribution < -0.4 is 5.32 Å². The minimum atomic E-state index is -0.557. The second kappa shape index (κ2) is 5.27. The van der Waals surface area contributed by atoms with Gasteiger partial charge in [0.25, 0.3) is 5.91 Å². The van der Waals surface area contributed by atoms with Crippen LogP contribution in [0.3, 0.4) is 0 Å². The standard InChI is InChI=1S/C13H10BrFN2O/c1-8-2-3-9(14)6-10(8)13(18)17-12-4-5-16-7-11(12)15/h2-7H,1H3,(H,16,17,18). The number of carbonyl (C=O) groups excluding carboxylic acids is 1. The summed E-state index contributed by atoms with van der Waals surface area (Å²) in [6.45, 7) is 1.82. The van der Waals surface area contributed by atoms with E-state index >= 15 is 0 Å². The number of nitrogens with zero attached hydrogens (tertiary/aromatic N) is 1. The number of anilines is 1. The Morgan fingerprint density at radius 1 is 1.39 bits per heavy atom. The Morgan fingerprint density at radius 3 is 2.89 bits per heavy atom. The number of pyridine rings is 1. The van der Waals surface area contributed by atoms with E-state index in [9.17, 15) is 9.18 Å². The Hall–Kier alpha value is -1.75. The van der Waals surface area contributed by atoms with Crippen molar-refractivity contribution in [2.45, 2.75) is 6.92 Å². The van der Waals surface area contributed by atoms with Crippen LogP contribution in [0.1, 0.15) is 15.9 Å². The molecule has 0 aliphatic carbocycles. The third-order valence-corrected chi connectivity index (χ3v) is 2.96. The van der Waals surface area contributed by atoms with Gasteiger partial charge in [-0.3, -0.25) is 9.78 Å². The Bertz CT molecular complexity index is 601. The lowest BCUT2D eigenvalue weighted by Gasteiger charge is -2.08. The van der Waals surface area contributed by atoms with Crippen molar-refractivity contribution in [3.8, 4) is 0 Å². The zero-order valence-corrected chi connectivity index (χ0v) is 11.2. The number of hydrogen-bond donors (Lipinski definition) is 1. The summed E-state index contributed by atoms with van der Waals surface area (Å²) in [5.74, 6) is -0.905. The molecule has 0 fully saturated rings. The quantitative estimate of drug-likeness (QED) is 0.922. The van der Waals surface area contributed by atoms with Gasteiger partial charge in [0.2, 0.25) is 0 Å². The number of aryl methyl sites for hydroxylation is 1. The number of benzene rings is 1. The van der Waals surface area contributed by atoms with E-state index in [-0.39, 0.29) is 11.6 Å². The van der Waals surface area contributed by atoms with Crippen LogP contribution in [0.15, 0.2) is 41.1 Å². The zero-order chi connectivity index (χ0) is 13.1. The van der Waals surface area contributed by atoms with Gasteiger partial charge in [-0.05, 0) is 30.7 Å². The van der Waals surface area contributed by atoms with Crippen molar-refractivity contribution in [1.29, 1.82) is 0 Å². The van der Waals surface area contributed by atoms with Gasteiger partial charge in [0, 0.05) is 16.2 Å². The van der Waals surface area contributed by atoms with Crippen molar-refractivity contribution in [3.05, 3.63) is 58.1 Å². The first kappa shape index (κ1) is 12.7. The largest absolute Gasteiger partial charge is 0.319 e. The van der Waals surface area contributed by atoms with Gasteiger partial charge in [0.1, 0.15) is 0 Å². The molecule has 0 radical (unpaired) electrons. The van der Waals surface area contributed by atoms with E-state index in [0.29, 0.717) is 5.56 Å². The Labute approximate surface area is 112 Å². The molecule has 0 bridgehead atoms. The third-order valence-electron chi connectivity index (χ3n) is 2.46. The summed E-state index contributed by atoms with van der Waals surface area (Å²) in [5.41, 5.74) is 1.44. The second-order valence-corrected chi connectivity index (χ2v) is 4.68. The van der Waals surface area contributed by atoms with Crippen LogP contribution in [-0.4, -0.2) is 10.9 Å². The Morgan fingerprint density at radius 2 is 2.17 bits per heavy atom. The maximum atomic E-state index is 13.4. The molecule has 2 aromatic rings. The van der Waals surface area contributed by atoms with Crippen LogP contribution in [-0.2, 0) is 0 Å². The van der Waals surface area contributed by atoms with Crippen LogP contribution in [0.25, 0.3) is 0 Å². The zero-order valence-electron chi connectivity index (χ0n) is 9.58. The van der Waals surface area contributed by atoms with E-state index in [1.807, 2.05) is 19.1 Å². The Kier molecular flexibility index (Phi) is 3.72. The van der Waals surface area contributed by atoms with Gasteiger partial charge in [-0.2, -0.15) is 0 Å². The highest BCUT2D eigenvalue weighted by Gasteiger charge is 2.11. The molecule has 1 aromatic carbocycles. The number of amides is 1. The predicted molar refractivity (Wildman–Crippen MR) is 71.0 cm³/mol. The topological polar surface area (TPSA) is 42.0 Å². The summed E-state index contributed by atoms with van der Waals surface area (Å²) in [4.78, 5) is 15.6. The number of rotatable bonds is 2.